The molecule has 29 heavy (non-hydrogen) atoms. The maximum Gasteiger partial charge on any atom is 0.338 e. The van der Waals surface area contributed by atoms with Crippen LogP contribution in [-0.4, -0.2) is 23.4 Å². The Labute approximate surface area is 170 Å². The molecule has 154 valence electrons. The number of carbonyl (C=O) groups excluding carboxylic acids is 2. The zero-order valence-corrected chi connectivity index (χ0v) is 17.4. The van der Waals surface area contributed by atoms with Crippen LogP contribution in [0.2, 0.25) is 0 Å². The molecule has 2 aromatic rings. The van der Waals surface area contributed by atoms with Crippen molar-refractivity contribution in [2.24, 2.45) is 0 Å². The van der Waals surface area contributed by atoms with Crippen molar-refractivity contribution in [2.75, 3.05) is 11.5 Å². The summed E-state index contributed by atoms with van der Waals surface area (Å²) in [6.07, 6.45) is 0. The van der Waals surface area contributed by atoms with Crippen molar-refractivity contribution >= 4 is 23.3 Å². The fraction of sp³-hybridized carbons (Fsp3) is 0.364. The maximum atomic E-state index is 12.3. The number of hydrogen-bond acceptors (Lipinski definition) is 5. The summed E-state index contributed by atoms with van der Waals surface area (Å²) < 4.78 is 4.97. The number of esters is 1. The van der Waals surface area contributed by atoms with Crippen LogP contribution in [0.15, 0.2) is 42.5 Å². The summed E-state index contributed by atoms with van der Waals surface area (Å²) in [6, 6.07) is 11.7. The number of carbonyl (C=O) groups is 2. The largest absolute Gasteiger partial charge is 0.462 e. The molecule has 0 radical (unpaired) electrons. The van der Waals surface area contributed by atoms with Crippen LogP contribution in [0, 0.1) is 10.1 Å². The van der Waals surface area contributed by atoms with E-state index in [4.69, 9.17) is 4.74 Å². The van der Waals surface area contributed by atoms with Gasteiger partial charge in [-0.05, 0) is 35.6 Å². The third-order valence-electron chi connectivity index (χ3n) is 4.51. The van der Waals surface area contributed by atoms with Gasteiger partial charge < -0.3 is 9.64 Å². The molecule has 0 aromatic heterocycles. The number of hydrogen-bond donors (Lipinski definition) is 0. The smallest absolute Gasteiger partial charge is 0.338 e. The van der Waals surface area contributed by atoms with Crippen molar-refractivity contribution in [3.05, 3.63) is 69.3 Å². The van der Waals surface area contributed by atoms with Gasteiger partial charge in [-0.1, -0.05) is 45.0 Å². The van der Waals surface area contributed by atoms with Gasteiger partial charge >= 0.3 is 5.97 Å². The van der Waals surface area contributed by atoms with Crippen LogP contribution in [0.3, 0.4) is 0 Å². The Balaban J connectivity index is 2.45. The van der Waals surface area contributed by atoms with E-state index < -0.39 is 10.9 Å². The number of ether oxygens (including phenoxy) is 1. The average molecular weight is 398 g/mol. The van der Waals surface area contributed by atoms with E-state index in [-0.39, 0.29) is 41.4 Å². The molecule has 0 N–H and O–H groups in total. The Hall–Kier alpha value is -3.22. The van der Waals surface area contributed by atoms with Gasteiger partial charge in [0.2, 0.25) is 5.91 Å². The third-order valence-corrected chi connectivity index (χ3v) is 4.51. The van der Waals surface area contributed by atoms with Crippen LogP contribution in [0.4, 0.5) is 11.4 Å². The number of benzene rings is 2. The molecule has 2 aromatic carbocycles. The maximum absolute atomic E-state index is 12.3. The summed E-state index contributed by atoms with van der Waals surface area (Å²) in [4.78, 5) is 36.7. The minimum atomic E-state index is -0.596. The summed E-state index contributed by atoms with van der Waals surface area (Å²) in [6.45, 7) is 9.66. The van der Waals surface area contributed by atoms with Crippen LogP contribution in [0.25, 0.3) is 0 Å². The fourth-order valence-corrected chi connectivity index (χ4v) is 2.89. The molecule has 7 heteroatoms. The molecule has 0 unspecified atom stereocenters. The van der Waals surface area contributed by atoms with E-state index in [2.05, 4.69) is 20.8 Å². The molecular weight excluding hydrogens is 372 g/mol. The lowest BCUT2D eigenvalue weighted by Crippen LogP contribution is -2.29. The zero-order valence-electron chi connectivity index (χ0n) is 17.4. The van der Waals surface area contributed by atoms with Gasteiger partial charge in [0, 0.05) is 13.0 Å². The molecule has 0 fully saturated rings. The van der Waals surface area contributed by atoms with Crippen molar-refractivity contribution in [1.29, 1.82) is 0 Å². The van der Waals surface area contributed by atoms with Crippen LogP contribution in [-0.2, 0) is 21.5 Å². The Kier molecular flexibility index (Phi) is 6.74. The van der Waals surface area contributed by atoms with Crippen molar-refractivity contribution < 1.29 is 19.2 Å². The predicted octanol–water partition coefficient (Wildman–Crippen LogP) is 4.62. The molecule has 7 nitrogen and oxygen atoms in total. The first-order valence-electron chi connectivity index (χ1n) is 9.37. The molecule has 1 amide bonds. The third kappa shape index (κ3) is 5.40. The first kappa shape index (κ1) is 22.1. The normalized spacial score (nSPS) is 11.1. The van der Waals surface area contributed by atoms with Crippen LogP contribution < -0.4 is 4.90 Å². The van der Waals surface area contributed by atoms with Crippen LogP contribution >= 0.6 is 0 Å². The number of anilines is 1. The first-order chi connectivity index (χ1) is 13.5. The Morgan fingerprint density at radius 2 is 1.72 bits per heavy atom. The van der Waals surface area contributed by atoms with E-state index in [1.807, 2.05) is 24.3 Å². The quantitative estimate of drug-likeness (QED) is 0.402. The Bertz CT molecular complexity index is 914. The van der Waals surface area contributed by atoms with Crippen molar-refractivity contribution in [1.82, 2.24) is 0 Å². The highest BCUT2D eigenvalue weighted by Crippen LogP contribution is 2.31. The van der Waals surface area contributed by atoms with Gasteiger partial charge in [-0.3, -0.25) is 14.9 Å². The highest BCUT2D eigenvalue weighted by Gasteiger charge is 2.25. The minimum Gasteiger partial charge on any atom is -0.462 e. The average Bonchev–Trinajstić information content (AvgIpc) is 2.65. The summed E-state index contributed by atoms with van der Waals surface area (Å²) >= 11 is 0. The van der Waals surface area contributed by atoms with Gasteiger partial charge in [-0.25, -0.2) is 4.79 Å². The second kappa shape index (κ2) is 8.86. The van der Waals surface area contributed by atoms with Crippen molar-refractivity contribution in [3.63, 3.8) is 0 Å². The zero-order chi connectivity index (χ0) is 21.8. The molecular formula is C22H26N2O5. The SMILES string of the molecule is CCOC(=O)c1ccc([N+](=O)[O-])c(N(Cc2ccc(C(C)(C)C)cc2)C(C)=O)c1. The first-order valence-corrected chi connectivity index (χ1v) is 9.37. The van der Waals surface area contributed by atoms with Crippen LogP contribution in [0.5, 0.6) is 0 Å². The molecule has 0 saturated heterocycles. The number of nitrogens with zero attached hydrogens (tertiary/aromatic N) is 2. The summed E-state index contributed by atoms with van der Waals surface area (Å²) in [7, 11) is 0. The highest BCUT2D eigenvalue weighted by molar-refractivity contribution is 5.97. The molecule has 2 rings (SSSR count). The molecule has 0 heterocycles. The fourth-order valence-electron chi connectivity index (χ4n) is 2.89. The van der Waals surface area contributed by atoms with E-state index in [0.29, 0.717) is 0 Å². The second-order valence-electron chi connectivity index (χ2n) is 7.73. The predicted molar refractivity (Wildman–Crippen MR) is 111 cm³/mol. The molecule has 0 atom stereocenters. The molecule has 0 aliphatic carbocycles. The van der Waals surface area contributed by atoms with Gasteiger partial charge in [0.15, 0.2) is 0 Å². The molecule has 0 bridgehead atoms. The summed E-state index contributed by atoms with van der Waals surface area (Å²) in [5.41, 5.74) is 1.93. The lowest BCUT2D eigenvalue weighted by Gasteiger charge is -2.23. The number of nitro groups is 1. The van der Waals surface area contributed by atoms with E-state index in [1.165, 1.54) is 30.0 Å². The Morgan fingerprint density at radius 3 is 2.21 bits per heavy atom. The summed E-state index contributed by atoms with van der Waals surface area (Å²) in [5, 5.41) is 11.5. The highest BCUT2D eigenvalue weighted by atomic mass is 16.6. The number of nitro benzene ring substituents is 1. The van der Waals surface area contributed by atoms with E-state index in [1.54, 1.807) is 6.92 Å². The molecule has 0 aliphatic rings. The number of rotatable bonds is 6. The summed E-state index contributed by atoms with van der Waals surface area (Å²) in [5.74, 6) is -0.962. The van der Waals surface area contributed by atoms with Gasteiger partial charge in [-0.2, -0.15) is 0 Å². The lowest BCUT2D eigenvalue weighted by atomic mass is 9.87. The minimum absolute atomic E-state index is 0.00838. The van der Waals surface area contributed by atoms with Gasteiger partial charge in [0.25, 0.3) is 5.69 Å². The van der Waals surface area contributed by atoms with Crippen LogP contribution in [0.1, 0.15) is 56.1 Å². The van der Waals surface area contributed by atoms with Crippen molar-refractivity contribution in [3.8, 4) is 0 Å². The van der Waals surface area contributed by atoms with Gasteiger partial charge in [-0.15, -0.1) is 0 Å². The molecule has 0 saturated carbocycles. The topological polar surface area (TPSA) is 89.8 Å². The molecule has 0 aliphatic heterocycles. The number of amides is 1. The second-order valence-corrected chi connectivity index (χ2v) is 7.73. The standard InChI is InChI=1S/C22H26N2O5/c1-6-29-21(26)17-9-12-19(24(27)28)20(13-17)23(15(2)25)14-16-7-10-18(11-8-16)22(3,4)5/h7-13H,6,14H2,1-5H3. The Morgan fingerprint density at radius 1 is 1.10 bits per heavy atom. The van der Waals surface area contributed by atoms with Crippen molar-refractivity contribution in [2.45, 2.75) is 46.6 Å². The monoisotopic (exact) mass is 398 g/mol. The van der Waals surface area contributed by atoms with Gasteiger partial charge in [0.1, 0.15) is 5.69 Å². The van der Waals surface area contributed by atoms with Gasteiger partial charge in [0.05, 0.1) is 23.6 Å². The van der Waals surface area contributed by atoms with E-state index >= 15 is 0 Å². The lowest BCUT2D eigenvalue weighted by molar-refractivity contribution is -0.384. The van der Waals surface area contributed by atoms with E-state index in [9.17, 15) is 19.7 Å². The molecule has 0 spiro atoms. The van der Waals surface area contributed by atoms with E-state index in [0.717, 1.165) is 11.1 Å².